The molecule has 2 aromatic heterocycles. The molecule has 0 spiro atoms. The van der Waals surface area contributed by atoms with Crippen LogP contribution in [-0.2, 0) is 11.8 Å². The van der Waals surface area contributed by atoms with Crippen LogP contribution in [0.1, 0.15) is 33.6 Å². The SMILES string of the molecule is COc1cc(OCC2(NC(=O)OC(C)(C)C)CC2)c([N+](=O)[O-])cc1Nc1ncc(Cl)c(-c2cn(C)c3ccccc23)n1. The maximum atomic E-state index is 12.3. The monoisotopic (exact) mass is 594 g/mol. The lowest BCUT2D eigenvalue weighted by Gasteiger charge is -2.23. The molecule has 0 unspecified atom stereocenters. The number of hydrogen-bond acceptors (Lipinski definition) is 9. The number of carbonyl (C=O) groups excluding carboxylic acids is 1. The molecule has 2 N–H and O–H groups in total. The van der Waals surface area contributed by atoms with Crippen LogP contribution in [0.2, 0.25) is 5.02 Å². The second-order valence-electron chi connectivity index (χ2n) is 11.2. The summed E-state index contributed by atoms with van der Waals surface area (Å²) in [7, 11) is 3.37. The maximum Gasteiger partial charge on any atom is 0.408 e. The number of halogens is 1. The van der Waals surface area contributed by atoms with Gasteiger partial charge < -0.3 is 29.4 Å². The van der Waals surface area contributed by atoms with Crippen LogP contribution in [-0.4, -0.2) is 50.4 Å². The number of nitrogens with one attached hydrogen (secondary N) is 2. The standard InChI is InChI=1S/C29H31ClN6O6/c1-28(2,3)42-27(37)34-29(10-11-29)16-41-24-13-23(40-5)20(12-22(24)36(38)39)32-26-31-14-19(30)25(33-26)18-15-35(4)21-9-7-6-8-17(18)21/h6-9,12-15H,10-11,16H2,1-5H3,(H,34,37)(H,31,32,33). The van der Waals surface area contributed by atoms with Gasteiger partial charge in [0.1, 0.15) is 18.0 Å². The highest BCUT2D eigenvalue weighted by Crippen LogP contribution is 2.42. The molecule has 0 saturated heterocycles. The average Bonchev–Trinajstić information content (AvgIpc) is 3.61. The smallest absolute Gasteiger partial charge is 0.408 e. The van der Waals surface area contributed by atoms with E-state index in [1.165, 1.54) is 25.4 Å². The van der Waals surface area contributed by atoms with Gasteiger partial charge in [-0.3, -0.25) is 10.1 Å². The largest absolute Gasteiger partial charge is 0.494 e. The molecular weight excluding hydrogens is 564 g/mol. The van der Waals surface area contributed by atoms with Crippen molar-refractivity contribution in [2.45, 2.75) is 44.8 Å². The first-order valence-corrected chi connectivity index (χ1v) is 13.6. The number of ether oxygens (including phenoxy) is 3. The van der Waals surface area contributed by atoms with E-state index in [9.17, 15) is 14.9 Å². The van der Waals surface area contributed by atoms with Crippen molar-refractivity contribution in [2.24, 2.45) is 7.05 Å². The summed E-state index contributed by atoms with van der Waals surface area (Å²) >= 11 is 6.50. The van der Waals surface area contributed by atoms with Gasteiger partial charge >= 0.3 is 11.8 Å². The van der Waals surface area contributed by atoms with E-state index in [4.69, 9.17) is 25.8 Å². The summed E-state index contributed by atoms with van der Waals surface area (Å²) in [6, 6.07) is 10.6. The molecule has 12 nitrogen and oxygen atoms in total. The lowest BCUT2D eigenvalue weighted by molar-refractivity contribution is -0.385. The highest BCUT2D eigenvalue weighted by atomic mass is 35.5. The molecule has 2 aromatic carbocycles. The molecule has 0 bridgehead atoms. The topological polar surface area (TPSA) is 143 Å². The number of carbonyl (C=O) groups is 1. The predicted octanol–water partition coefficient (Wildman–Crippen LogP) is 6.39. The predicted molar refractivity (Wildman–Crippen MR) is 159 cm³/mol. The molecule has 5 rings (SSSR count). The Morgan fingerprint density at radius 3 is 2.62 bits per heavy atom. The third-order valence-electron chi connectivity index (χ3n) is 6.74. The van der Waals surface area contributed by atoms with Crippen LogP contribution in [0.5, 0.6) is 11.5 Å². The number of fused-ring (bicyclic) bond motifs is 1. The fourth-order valence-electron chi connectivity index (χ4n) is 4.53. The Hall–Kier alpha value is -4.58. The van der Waals surface area contributed by atoms with E-state index in [2.05, 4.69) is 20.6 Å². The van der Waals surface area contributed by atoms with E-state index in [0.29, 0.717) is 23.6 Å². The number of aromatic nitrogens is 3. The Morgan fingerprint density at radius 2 is 1.95 bits per heavy atom. The van der Waals surface area contributed by atoms with Crippen LogP contribution in [0.3, 0.4) is 0 Å². The highest BCUT2D eigenvalue weighted by Gasteiger charge is 2.46. The number of para-hydroxylation sites is 1. The second-order valence-corrected chi connectivity index (χ2v) is 11.6. The van der Waals surface area contributed by atoms with Gasteiger partial charge in [0.15, 0.2) is 0 Å². The van der Waals surface area contributed by atoms with Crippen LogP contribution in [0, 0.1) is 10.1 Å². The Morgan fingerprint density at radius 1 is 1.21 bits per heavy atom. The highest BCUT2D eigenvalue weighted by molar-refractivity contribution is 6.33. The van der Waals surface area contributed by atoms with Crippen molar-refractivity contribution in [1.82, 2.24) is 19.9 Å². The van der Waals surface area contributed by atoms with Crippen molar-refractivity contribution < 1.29 is 23.9 Å². The van der Waals surface area contributed by atoms with E-state index < -0.39 is 22.2 Å². The van der Waals surface area contributed by atoms with Crippen molar-refractivity contribution in [3.8, 4) is 22.8 Å². The van der Waals surface area contributed by atoms with Crippen molar-refractivity contribution in [1.29, 1.82) is 0 Å². The normalized spacial score (nSPS) is 13.9. The summed E-state index contributed by atoms with van der Waals surface area (Å²) in [6.07, 6.45) is 4.15. The van der Waals surface area contributed by atoms with Crippen LogP contribution >= 0.6 is 11.6 Å². The zero-order valence-corrected chi connectivity index (χ0v) is 24.6. The minimum atomic E-state index is -0.657. The quantitative estimate of drug-likeness (QED) is 0.166. The van der Waals surface area contributed by atoms with Crippen molar-refractivity contribution >= 4 is 45.9 Å². The first-order chi connectivity index (χ1) is 19.9. The van der Waals surface area contributed by atoms with E-state index in [-0.39, 0.29) is 35.4 Å². The molecule has 13 heteroatoms. The first-order valence-electron chi connectivity index (χ1n) is 13.2. The third-order valence-corrected chi connectivity index (χ3v) is 7.02. The lowest BCUT2D eigenvalue weighted by atomic mass is 10.1. The maximum absolute atomic E-state index is 12.3. The molecule has 1 aliphatic rings. The van der Waals surface area contributed by atoms with Crippen LogP contribution < -0.4 is 20.1 Å². The number of nitrogens with zero attached hydrogens (tertiary/aromatic N) is 4. The Bertz CT molecular complexity index is 1680. The Labute approximate surface area is 247 Å². The fraction of sp³-hybridized carbons (Fsp3) is 0.345. The number of nitro benzene ring substituents is 1. The molecule has 1 amide bonds. The average molecular weight is 595 g/mol. The van der Waals surface area contributed by atoms with Gasteiger partial charge in [-0.2, -0.15) is 0 Å². The molecule has 0 atom stereocenters. The van der Waals surface area contributed by atoms with Crippen LogP contribution in [0.4, 0.5) is 22.1 Å². The molecule has 4 aromatic rings. The van der Waals surface area contributed by atoms with Crippen molar-refractivity contribution in [3.63, 3.8) is 0 Å². The summed E-state index contributed by atoms with van der Waals surface area (Å²) in [5.41, 5.74) is 0.990. The number of amides is 1. The first kappa shape index (κ1) is 28.9. The van der Waals surface area contributed by atoms with E-state index in [0.717, 1.165) is 16.5 Å². The molecule has 0 radical (unpaired) electrons. The second kappa shape index (κ2) is 11.0. The number of nitro groups is 1. The Balaban J connectivity index is 1.40. The number of alkyl carbamates (subject to hydrolysis) is 1. The zero-order valence-electron chi connectivity index (χ0n) is 23.9. The molecule has 220 valence electrons. The number of hydrogen-bond donors (Lipinski definition) is 2. The third kappa shape index (κ3) is 6.18. The molecule has 2 heterocycles. The zero-order chi connectivity index (χ0) is 30.2. The summed E-state index contributed by atoms with van der Waals surface area (Å²) in [5, 5.41) is 19.2. The number of methoxy groups -OCH3 is 1. The van der Waals surface area contributed by atoms with E-state index >= 15 is 0 Å². The molecule has 1 aliphatic carbocycles. The number of aryl methyl sites for hydroxylation is 1. The molecule has 1 saturated carbocycles. The van der Waals surface area contributed by atoms with Gasteiger partial charge in [0.25, 0.3) is 0 Å². The van der Waals surface area contributed by atoms with E-state index in [1.807, 2.05) is 42.1 Å². The van der Waals surface area contributed by atoms with Gasteiger partial charge in [-0.25, -0.2) is 14.8 Å². The fourth-order valence-corrected chi connectivity index (χ4v) is 4.73. The number of anilines is 2. The van der Waals surface area contributed by atoms with Gasteiger partial charge in [0, 0.05) is 41.8 Å². The van der Waals surface area contributed by atoms with Gasteiger partial charge in [-0.15, -0.1) is 0 Å². The Kier molecular flexibility index (Phi) is 7.58. The van der Waals surface area contributed by atoms with Gasteiger partial charge in [-0.05, 0) is 39.7 Å². The van der Waals surface area contributed by atoms with Crippen molar-refractivity contribution in [3.05, 3.63) is 63.9 Å². The number of rotatable bonds is 9. The van der Waals surface area contributed by atoms with Crippen molar-refractivity contribution in [2.75, 3.05) is 19.0 Å². The van der Waals surface area contributed by atoms with Gasteiger partial charge in [-0.1, -0.05) is 29.8 Å². The molecule has 42 heavy (non-hydrogen) atoms. The molecule has 0 aliphatic heterocycles. The van der Waals surface area contributed by atoms with Crippen LogP contribution in [0.25, 0.3) is 22.2 Å². The van der Waals surface area contributed by atoms with Crippen LogP contribution in [0.15, 0.2) is 48.8 Å². The minimum Gasteiger partial charge on any atom is -0.494 e. The molecule has 1 fully saturated rings. The van der Waals surface area contributed by atoms with Gasteiger partial charge in [0.05, 0.1) is 40.2 Å². The summed E-state index contributed by atoms with van der Waals surface area (Å²) in [5.74, 6) is 0.432. The lowest BCUT2D eigenvalue weighted by Crippen LogP contribution is -2.44. The van der Waals surface area contributed by atoms with E-state index in [1.54, 1.807) is 20.8 Å². The summed E-state index contributed by atoms with van der Waals surface area (Å²) in [4.78, 5) is 32.7. The van der Waals surface area contributed by atoms with Gasteiger partial charge in [0.2, 0.25) is 11.7 Å². The minimum absolute atomic E-state index is 0.00636. The number of benzene rings is 2. The summed E-state index contributed by atoms with van der Waals surface area (Å²) < 4.78 is 18.7. The summed E-state index contributed by atoms with van der Waals surface area (Å²) in [6.45, 7) is 5.34. The molecular formula is C29H31ClN6O6.